The molecule has 0 spiro atoms. The lowest BCUT2D eigenvalue weighted by molar-refractivity contribution is -0.140. The fraction of sp³-hybridized carbons (Fsp3) is 0.167. The van der Waals surface area contributed by atoms with Gasteiger partial charge in [0.15, 0.2) is 10.5 Å². The summed E-state index contributed by atoms with van der Waals surface area (Å²) in [6.45, 7) is 1.61. The van der Waals surface area contributed by atoms with Crippen molar-refractivity contribution in [2.45, 2.75) is 25.7 Å². The van der Waals surface area contributed by atoms with Crippen molar-refractivity contribution in [1.82, 2.24) is 4.57 Å². The summed E-state index contributed by atoms with van der Waals surface area (Å²) < 4.78 is 56.8. The number of thiazole rings is 1. The molecule has 0 amide bonds. The van der Waals surface area contributed by atoms with Crippen molar-refractivity contribution < 1.29 is 27.4 Å². The number of alkyl halides is 3. The first-order valence-corrected chi connectivity index (χ1v) is 16.5. The molecule has 0 N–H and O–H groups in total. The summed E-state index contributed by atoms with van der Waals surface area (Å²) in [6, 6.07) is 15.4. The van der Waals surface area contributed by atoms with Crippen molar-refractivity contribution in [2.75, 3.05) is 6.61 Å². The molecule has 3 aromatic carbocycles. The maximum absolute atomic E-state index is 14.3. The van der Waals surface area contributed by atoms with Crippen LogP contribution >= 0.6 is 79.7 Å². The van der Waals surface area contributed by atoms with E-state index in [4.69, 9.17) is 32.7 Å². The van der Waals surface area contributed by atoms with E-state index in [0.717, 1.165) is 28.6 Å². The molecule has 1 aromatic heterocycles. The average molecular weight is 885 g/mol. The molecule has 14 heteroatoms. The quantitative estimate of drug-likeness (QED) is 0.143. The van der Waals surface area contributed by atoms with Gasteiger partial charge in [-0.2, -0.15) is 13.2 Å². The van der Waals surface area contributed by atoms with Gasteiger partial charge in [-0.1, -0.05) is 58.8 Å². The lowest BCUT2D eigenvalue weighted by atomic mass is 9.95. The number of esters is 1. The molecule has 1 atom stereocenters. The zero-order valence-corrected chi connectivity index (χ0v) is 29.1. The highest BCUT2D eigenvalue weighted by atomic mass is 127. The molecule has 44 heavy (non-hydrogen) atoms. The molecule has 0 radical (unpaired) electrons. The Balaban J connectivity index is 1.62. The minimum Gasteiger partial charge on any atom is -0.487 e. The summed E-state index contributed by atoms with van der Waals surface area (Å²) in [5.41, 5.74) is -1.03. The van der Waals surface area contributed by atoms with E-state index in [0.29, 0.717) is 28.0 Å². The highest BCUT2D eigenvalue weighted by Gasteiger charge is 2.45. The number of carbonyl (C=O) groups excluding carboxylic acids is 1. The van der Waals surface area contributed by atoms with Gasteiger partial charge in [0.25, 0.3) is 5.56 Å². The van der Waals surface area contributed by atoms with Crippen molar-refractivity contribution >= 4 is 91.8 Å². The van der Waals surface area contributed by atoms with E-state index < -0.39 is 35.0 Å². The van der Waals surface area contributed by atoms with Gasteiger partial charge in [-0.3, -0.25) is 9.36 Å². The highest BCUT2D eigenvalue weighted by Crippen LogP contribution is 2.38. The number of benzene rings is 3. The maximum atomic E-state index is 14.3. The van der Waals surface area contributed by atoms with Crippen LogP contribution in [0.15, 0.2) is 81.7 Å². The fourth-order valence-electron chi connectivity index (χ4n) is 4.54. The second-order valence-electron chi connectivity index (χ2n) is 9.35. The molecule has 0 fully saturated rings. The van der Waals surface area contributed by atoms with E-state index in [-0.39, 0.29) is 21.5 Å². The summed E-state index contributed by atoms with van der Waals surface area (Å²) in [4.78, 5) is 30.4. The Bertz CT molecular complexity index is 1950. The summed E-state index contributed by atoms with van der Waals surface area (Å²) in [7, 11) is 0. The Morgan fingerprint density at radius 1 is 1.07 bits per heavy atom. The minimum absolute atomic E-state index is 0.133. The first-order valence-electron chi connectivity index (χ1n) is 12.8. The highest BCUT2D eigenvalue weighted by molar-refractivity contribution is 14.1. The predicted molar refractivity (Wildman–Crippen MR) is 180 cm³/mol. The SMILES string of the molecule is CCOC(=O)C1=C(C(F)(F)F)N=c2s/c(=C\c3cc(I)c(OCc4cccc(Cl)c4)c(I)c3)c(=O)n2[C@@H]1c1ccc(Cl)cc1. The molecule has 0 bridgehead atoms. The van der Waals surface area contributed by atoms with Gasteiger partial charge in [0, 0.05) is 10.0 Å². The normalized spacial score (nSPS) is 15.2. The molecule has 0 saturated carbocycles. The molecule has 0 unspecified atom stereocenters. The molecular formula is C30H19Cl2F3I2N2O4S. The molecule has 4 aromatic rings. The Kier molecular flexibility index (Phi) is 10.1. The molecular weight excluding hydrogens is 866 g/mol. The molecule has 2 heterocycles. The third-order valence-electron chi connectivity index (χ3n) is 6.37. The van der Waals surface area contributed by atoms with E-state index >= 15 is 0 Å². The van der Waals surface area contributed by atoms with Gasteiger partial charge in [0.1, 0.15) is 12.4 Å². The van der Waals surface area contributed by atoms with Crippen LogP contribution in [0.5, 0.6) is 5.75 Å². The standard InChI is InChI=1S/C30H19Cl2F3I2N2O4S/c1-2-42-28(41)23-24(17-6-8-18(31)9-7-17)39-27(40)22(44-29(39)38-26(23)30(33,34)35)13-16-11-20(36)25(21(37)12-16)43-14-15-4-3-5-19(32)10-15/h3-13,24H,2,14H2,1H3/b22-13-/t24-/m1/s1. The van der Waals surface area contributed by atoms with E-state index in [1.54, 1.807) is 24.3 Å². The van der Waals surface area contributed by atoms with E-state index in [1.165, 1.54) is 31.2 Å². The minimum atomic E-state index is -4.99. The van der Waals surface area contributed by atoms with Crippen LogP contribution in [0.4, 0.5) is 13.2 Å². The van der Waals surface area contributed by atoms with Crippen LogP contribution in [-0.4, -0.2) is 23.3 Å². The van der Waals surface area contributed by atoms with Gasteiger partial charge in [0.05, 0.1) is 29.9 Å². The number of rotatable bonds is 7. The van der Waals surface area contributed by atoms with Crippen LogP contribution in [0.2, 0.25) is 10.0 Å². The van der Waals surface area contributed by atoms with Crippen molar-refractivity contribution in [3.8, 4) is 5.75 Å². The van der Waals surface area contributed by atoms with Crippen molar-refractivity contribution in [3.05, 3.63) is 125 Å². The topological polar surface area (TPSA) is 69.9 Å². The van der Waals surface area contributed by atoms with Gasteiger partial charge in [-0.25, -0.2) is 9.79 Å². The number of hydrogen-bond acceptors (Lipinski definition) is 6. The number of carbonyl (C=O) groups is 1. The fourth-order valence-corrected chi connectivity index (χ4v) is 8.00. The Hall–Kier alpha value is -2.40. The van der Waals surface area contributed by atoms with E-state index in [1.807, 2.05) is 18.2 Å². The van der Waals surface area contributed by atoms with Crippen LogP contribution in [0.1, 0.15) is 29.7 Å². The summed E-state index contributed by atoms with van der Waals surface area (Å²) in [6.07, 6.45) is -3.41. The van der Waals surface area contributed by atoms with Crippen LogP contribution < -0.4 is 19.6 Å². The maximum Gasteiger partial charge on any atom is 0.434 e. The monoisotopic (exact) mass is 884 g/mol. The second-order valence-corrected chi connectivity index (χ2v) is 13.6. The molecule has 1 aliphatic rings. The van der Waals surface area contributed by atoms with Gasteiger partial charge < -0.3 is 9.47 Å². The van der Waals surface area contributed by atoms with E-state index in [2.05, 4.69) is 50.2 Å². The predicted octanol–water partition coefficient (Wildman–Crippen LogP) is 7.44. The summed E-state index contributed by atoms with van der Waals surface area (Å²) in [5, 5.41) is 0.936. The van der Waals surface area contributed by atoms with Crippen LogP contribution in [-0.2, 0) is 16.1 Å². The second kappa shape index (κ2) is 13.5. The third-order valence-corrected chi connectivity index (χ3v) is 9.44. The number of nitrogens with zero attached hydrogens (tertiary/aromatic N) is 2. The number of allylic oxidation sites excluding steroid dienone is 1. The molecule has 228 valence electrons. The average Bonchev–Trinajstić information content (AvgIpc) is 3.26. The first kappa shape index (κ1) is 33.0. The number of halogens is 7. The Morgan fingerprint density at radius 3 is 2.36 bits per heavy atom. The van der Waals surface area contributed by atoms with Crippen molar-refractivity contribution in [1.29, 1.82) is 0 Å². The van der Waals surface area contributed by atoms with Crippen molar-refractivity contribution in [2.24, 2.45) is 4.99 Å². The van der Waals surface area contributed by atoms with Crippen LogP contribution in [0, 0.1) is 7.14 Å². The van der Waals surface area contributed by atoms with Crippen molar-refractivity contribution in [3.63, 3.8) is 0 Å². The van der Waals surface area contributed by atoms with Gasteiger partial charge in [-0.05, 0) is 111 Å². The largest absolute Gasteiger partial charge is 0.487 e. The Labute approximate surface area is 290 Å². The number of ether oxygens (including phenoxy) is 2. The van der Waals surface area contributed by atoms with E-state index in [9.17, 15) is 22.8 Å². The number of fused-ring (bicyclic) bond motifs is 1. The third kappa shape index (κ3) is 7.03. The smallest absolute Gasteiger partial charge is 0.434 e. The van der Waals surface area contributed by atoms with Crippen LogP contribution in [0.3, 0.4) is 0 Å². The van der Waals surface area contributed by atoms with Gasteiger partial charge in [-0.15, -0.1) is 0 Å². The zero-order valence-electron chi connectivity index (χ0n) is 22.4. The first-order chi connectivity index (χ1) is 20.9. The zero-order chi connectivity index (χ0) is 31.8. The molecule has 6 nitrogen and oxygen atoms in total. The molecule has 1 aliphatic heterocycles. The number of aromatic nitrogens is 1. The summed E-state index contributed by atoms with van der Waals surface area (Å²) in [5.74, 6) is -0.573. The lowest BCUT2D eigenvalue weighted by Crippen LogP contribution is -2.41. The lowest BCUT2D eigenvalue weighted by Gasteiger charge is -2.26. The Morgan fingerprint density at radius 2 is 1.75 bits per heavy atom. The summed E-state index contributed by atoms with van der Waals surface area (Å²) >= 11 is 17.1. The molecule has 5 rings (SSSR count). The van der Waals surface area contributed by atoms with Gasteiger partial charge >= 0.3 is 12.1 Å². The van der Waals surface area contributed by atoms with Crippen LogP contribution in [0.25, 0.3) is 6.08 Å². The number of hydrogen-bond donors (Lipinski definition) is 0. The van der Waals surface area contributed by atoms with Gasteiger partial charge in [0.2, 0.25) is 0 Å². The molecule has 0 aliphatic carbocycles. The molecule has 0 saturated heterocycles.